The molecule has 0 unspecified atom stereocenters. The first-order chi connectivity index (χ1) is 12.9. The fraction of sp³-hybridized carbons (Fsp3) is 0.300. The maximum Gasteiger partial charge on any atom is 0.341 e. The molecule has 2 N–H and O–H groups in total. The van der Waals surface area contributed by atoms with E-state index in [2.05, 4.69) is 5.16 Å². The molecule has 0 fully saturated rings. The molecule has 0 aliphatic heterocycles. The van der Waals surface area contributed by atoms with Crippen molar-refractivity contribution in [1.29, 1.82) is 0 Å². The predicted molar refractivity (Wildman–Crippen MR) is 105 cm³/mol. The van der Waals surface area contributed by atoms with E-state index in [0.717, 1.165) is 5.57 Å². The van der Waals surface area contributed by atoms with Crippen LogP contribution in [0.25, 0.3) is 11.3 Å². The molecule has 0 bridgehead atoms. The Labute approximate surface area is 159 Å². The molecule has 0 spiro atoms. The topological polar surface area (TPSA) is 92.4 Å². The van der Waals surface area contributed by atoms with Gasteiger partial charge in [-0.1, -0.05) is 35.0 Å². The van der Waals surface area contributed by atoms with E-state index in [1.165, 1.54) is 27.6 Å². The second-order valence-electron chi connectivity index (χ2n) is 5.76. The first-order valence-corrected chi connectivity index (χ1v) is 8.16. The molecular formula is C20H26N2O5. The number of benzene rings is 1. The van der Waals surface area contributed by atoms with Gasteiger partial charge in [-0.2, -0.15) is 5.90 Å². The summed E-state index contributed by atoms with van der Waals surface area (Å²) in [6.07, 6.45) is 3.15. The van der Waals surface area contributed by atoms with Gasteiger partial charge in [-0.3, -0.25) is 0 Å². The van der Waals surface area contributed by atoms with E-state index in [4.69, 9.17) is 25.0 Å². The summed E-state index contributed by atoms with van der Waals surface area (Å²) in [5.41, 5.74) is 3.55. The Hall–Kier alpha value is -3.06. The van der Waals surface area contributed by atoms with Crippen LogP contribution in [0.15, 0.2) is 52.9 Å². The lowest BCUT2D eigenvalue weighted by molar-refractivity contribution is -0.133. The molecule has 0 aromatic heterocycles. The zero-order valence-corrected chi connectivity index (χ0v) is 16.5. The summed E-state index contributed by atoms with van der Waals surface area (Å²) >= 11 is 0. The molecule has 0 amide bonds. The van der Waals surface area contributed by atoms with Crippen LogP contribution in [-0.4, -0.2) is 33.0 Å². The number of carbonyl (C=O) groups excluding carboxylic acids is 1. The summed E-state index contributed by atoms with van der Waals surface area (Å²) in [4.78, 5) is 22.3. The summed E-state index contributed by atoms with van der Waals surface area (Å²) in [5, 5.41) is 4.04. The van der Waals surface area contributed by atoms with E-state index in [1.54, 1.807) is 31.2 Å². The quantitative estimate of drug-likeness (QED) is 0.246. The van der Waals surface area contributed by atoms with Crippen molar-refractivity contribution in [2.24, 2.45) is 11.1 Å². The number of rotatable bonds is 8. The van der Waals surface area contributed by atoms with Crippen molar-refractivity contribution in [3.05, 3.63) is 58.9 Å². The summed E-state index contributed by atoms with van der Waals surface area (Å²) in [6.45, 7) is 5.67. The van der Waals surface area contributed by atoms with Crippen LogP contribution in [-0.2, 0) is 23.9 Å². The van der Waals surface area contributed by atoms with Gasteiger partial charge >= 0.3 is 5.97 Å². The smallest absolute Gasteiger partial charge is 0.341 e. The number of carbonyl (C=O) groups is 1. The molecule has 0 atom stereocenters. The molecule has 0 aliphatic carbocycles. The Kier molecular flexibility index (Phi) is 8.81. The summed E-state index contributed by atoms with van der Waals surface area (Å²) in [5.74, 6) is 5.37. The predicted octanol–water partition coefficient (Wildman–Crippen LogP) is 3.44. The maximum absolute atomic E-state index is 12.2. The highest BCUT2D eigenvalue weighted by molar-refractivity contribution is 6.18. The number of allylic oxidation sites excluding steroid dienone is 3. The van der Waals surface area contributed by atoms with Crippen LogP contribution < -0.4 is 5.90 Å². The summed E-state index contributed by atoms with van der Waals surface area (Å²) in [7, 11) is 4.21. The van der Waals surface area contributed by atoms with Gasteiger partial charge in [-0.15, -0.1) is 0 Å². The van der Waals surface area contributed by atoms with Crippen LogP contribution in [0, 0.1) is 0 Å². The third-order valence-corrected chi connectivity index (χ3v) is 3.56. The van der Waals surface area contributed by atoms with Crippen molar-refractivity contribution in [1.82, 2.24) is 0 Å². The zero-order chi connectivity index (χ0) is 20.4. The number of esters is 1. The molecule has 1 rings (SSSR count). The first-order valence-electron chi connectivity index (χ1n) is 8.16. The van der Waals surface area contributed by atoms with Gasteiger partial charge in [0.05, 0.1) is 20.5 Å². The molecule has 0 saturated heterocycles. The molecule has 146 valence electrons. The second-order valence-corrected chi connectivity index (χ2v) is 5.76. The lowest BCUT2D eigenvalue weighted by Gasteiger charge is -2.15. The average molecular weight is 374 g/mol. The van der Waals surface area contributed by atoms with Gasteiger partial charge < -0.3 is 19.1 Å². The van der Waals surface area contributed by atoms with Crippen molar-refractivity contribution in [3.63, 3.8) is 0 Å². The Bertz CT molecular complexity index is 787. The Morgan fingerprint density at radius 1 is 1.07 bits per heavy atom. The minimum Gasteiger partial charge on any atom is -0.503 e. The minimum absolute atomic E-state index is 0.227. The highest BCUT2D eigenvalue weighted by atomic mass is 16.6. The fourth-order valence-corrected chi connectivity index (χ4v) is 2.41. The number of methoxy groups -OCH3 is 2. The van der Waals surface area contributed by atoms with Crippen LogP contribution in [0.4, 0.5) is 0 Å². The fourth-order valence-electron chi connectivity index (χ4n) is 2.41. The van der Waals surface area contributed by atoms with Gasteiger partial charge in [0.2, 0.25) is 0 Å². The van der Waals surface area contributed by atoms with Crippen molar-refractivity contribution < 1.29 is 23.9 Å². The summed E-state index contributed by atoms with van der Waals surface area (Å²) < 4.78 is 9.90. The van der Waals surface area contributed by atoms with Crippen LogP contribution in [0.2, 0.25) is 0 Å². The minimum atomic E-state index is -0.548. The largest absolute Gasteiger partial charge is 0.503 e. The molecule has 27 heavy (non-hydrogen) atoms. The molecule has 7 nitrogen and oxygen atoms in total. The highest BCUT2D eigenvalue weighted by Crippen LogP contribution is 2.29. The van der Waals surface area contributed by atoms with Crippen molar-refractivity contribution in [2.75, 3.05) is 21.3 Å². The average Bonchev–Trinajstić information content (AvgIpc) is 2.66. The monoisotopic (exact) mass is 374 g/mol. The number of hydrogen-bond acceptors (Lipinski definition) is 7. The van der Waals surface area contributed by atoms with E-state index in [9.17, 15) is 4.79 Å². The van der Waals surface area contributed by atoms with Gasteiger partial charge in [-0.25, -0.2) is 4.79 Å². The molecule has 0 aliphatic rings. The van der Waals surface area contributed by atoms with Crippen molar-refractivity contribution >= 4 is 23.0 Å². The molecule has 7 heteroatoms. The highest BCUT2D eigenvalue weighted by Gasteiger charge is 2.21. The maximum atomic E-state index is 12.2. The Balaban J connectivity index is 3.72. The van der Waals surface area contributed by atoms with Crippen molar-refractivity contribution in [3.8, 4) is 0 Å². The number of nitrogens with zero attached hydrogens (tertiary/aromatic N) is 1. The van der Waals surface area contributed by atoms with Crippen LogP contribution in [0.3, 0.4) is 0 Å². The van der Waals surface area contributed by atoms with Crippen LogP contribution in [0.1, 0.15) is 31.9 Å². The lowest BCUT2D eigenvalue weighted by Crippen LogP contribution is -2.11. The normalized spacial score (nSPS) is 12.7. The van der Waals surface area contributed by atoms with E-state index in [1.807, 2.05) is 19.9 Å². The van der Waals surface area contributed by atoms with Crippen molar-refractivity contribution in [2.45, 2.75) is 20.8 Å². The molecule has 0 radical (unpaired) electrons. The van der Waals surface area contributed by atoms with Gasteiger partial charge in [0.1, 0.15) is 18.4 Å². The van der Waals surface area contributed by atoms with Gasteiger partial charge in [-0.05, 0) is 26.8 Å². The van der Waals surface area contributed by atoms with E-state index in [-0.39, 0.29) is 5.57 Å². The number of oxime groups is 1. The van der Waals surface area contributed by atoms with Gasteiger partial charge in [0.15, 0.2) is 5.76 Å². The zero-order valence-electron chi connectivity index (χ0n) is 16.5. The lowest BCUT2D eigenvalue weighted by atomic mass is 9.96. The second kappa shape index (κ2) is 10.8. The van der Waals surface area contributed by atoms with E-state index < -0.39 is 5.97 Å². The summed E-state index contributed by atoms with van der Waals surface area (Å²) in [6, 6.07) is 7.12. The van der Waals surface area contributed by atoms with Crippen LogP contribution >= 0.6 is 0 Å². The van der Waals surface area contributed by atoms with Crippen LogP contribution in [0.5, 0.6) is 0 Å². The SMILES string of the molecule is CO/C=C(/C(=O)OC)c1ccccc1/C(ON)=C(C)\C(C=C(C)C)=N\OC. The van der Waals surface area contributed by atoms with E-state index in [0.29, 0.717) is 28.2 Å². The Morgan fingerprint density at radius 3 is 2.19 bits per heavy atom. The molecular weight excluding hydrogens is 348 g/mol. The number of hydrogen-bond donors (Lipinski definition) is 1. The first kappa shape index (κ1) is 22.0. The van der Waals surface area contributed by atoms with Gasteiger partial charge in [0, 0.05) is 16.7 Å². The third-order valence-electron chi connectivity index (χ3n) is 3.56. The molecule has 1 aromatic carbocycles. The molecule has 1 aromatic rings. The third kappa shape index (κ3) is 5.72. The Morgan fingerprint density at radius 2 is 1.70 bits per heavy atom. The number of nitrogens with two attached hydrogens (primary N) is 1. The molecule has 0 heterocycles. The number of ether oxygens (including phenoxy) is 2. The van der Waals surface area contributed by atoms with Gasteiger partial charge in [0.25, 0.3) is 0 Å². The van der Waals surface area contributed by atoms with E-state index >= 15 is 0 Å². The molecule has 0 saturated carbocycles. The standard InChI is InChI=1S/C20H26N2O5/c1-13(2)11-18(22-26-6)14(3)19(27-21)16-10-8-7-9-15(16)17(12-24-4)20(23)25-5/h7-12H,21H2,1-6H3/b17-12+,19-14+,22-18+.